The Hall–Kier alpha value is -2.90. The fourth-order valence-corrected chi connectivity index (χ4v) is 4.05. The van der Waals surface area contributed by atoms with E-state index < -0.39 is 11.9 Å². The van der Waals surface area contributed by atoms with Crippen molar-refractivity contribution in [2.24, 2.45) is 0 Å². The van der Waals surface area contributed by atoms with Crippen LogP contribution < -0.4 is 10.3 Å². The zero-order chi connectivity index (χ0) is 20.3. The van der Waals surface area contributed by atoms with Gasteiger partial charge in [-0.05, 0) is 42.8 Å². The van der Waals surface area contributed by atoms with Crippen molar-refractivity contribution in [3.63, 3.8) is 0 Å². The van der Waals surface area contributed by atoms with Crippen LogP contribution in [0.2, 0.25) is 5.02 Å². The molecule has 2 aromatic heterocycles. The highest BCUT2D eigenvalue weighted by Gasteiger charge is 2.44. The van der Waals surface area contributed by atoms with Gasteiger partial charge in [-0.25, -0.2) is 0 Å². The van der Waals surface area contributed by atoms with Crippen molar-refractivity contribution in [2.45, 2.75) is 13.0 Å². The molecule has 1 atom stereocenters. The van der Waals surface area contributed by atoms with Crippen LogP contribution in [0, 0.1) is 6.92 Å². The summed E-state index contributed by atoms with van der Waals surface area (Å²) < 4.78 is 11.9. The smallest absolute Gasteiger partial charge is 0.296 e. The Kier molecular flexibility index (Phi) is 4.11. The molecule has 1 aliphatic rings. The molecule has 2 aromatic carbocycles. The van der Waals surface area contributed by atoms with Crippen LogP contribution in [0.3, 0.4) is 0 Å². The van der Waals surface area contributed by atoms with E-state index in [1.54, 1.807) is 31.2 Å². The maximum absolute atomic E-state index is 13.4. The Morgan fingerprint density at radius 1 is 1.10 bits per heavy atom. The molecular formula is C21H12BrClN2O4. The van der Waals surface area contributed by atoms with Gasteiger partial charge in [0, 0.05) is 15.6 Å². The molecule has 0 fully saturated rings. The molecule has 1 unspecified atom stereocenters. The highest BCUT2D eigenvalue weighted by Crippen LogP contribution is 2.41. The van der Waals surface area contributed by atoms with Crippen LogP contribution in [-0.2, 0) is 0 Å². The number of hydrogen-bond donors (Lipinski definition) is 0. The summed E-state index contributed by atoms with van der Waals surface area (Å²) in [7, 11) is 0. The lowest BCUT2D eigenvalue weighted by molar-refractivity contribution is 0.0969. The van der Waals surface area contributed by atoms with Crippen LogP contribution in [0.25, 0.3) is 11.0 Å². The first-order valence-corrected chi connectivity index (χ1v) is 9.90. The molecular weight excluding hydrogens is 460 g/mol. The Bertz CT molecular complexity index is 1340. The number of carbonyl (C=O) groups is 1. The first kappa shape index (κ1) is 18.1. The molecule has 0 spiro atoms. The van der Waals surface area contributed by atoms with Crippen LogP contribution in [0.1, 0.15) is 33.5 Å². The van der Waals surface area contributed by atoms with Crippen LogP contribution in [0.15, 0.2) is 66.7 Å². The normalized spacial score (nSPS) is 15.9. The topological polar surface area (TPSA) is 76.6 Å². The number of anilines is 1. The van der Waals surface area contributed by atoms with Crippen molar-refractivity contribution in [1.29, 1.82) is 0 Å². The van der Waals surface area contributed by atoms with Crippen molar-refractivity contribution in [3.8, 4) is 0 Å². The van der Waals surface area contributed by atoms with Gasteiger partial charge in [-0.2, -0.15) is 0 Å². The van der Waals surface area contributed by atoms with Gasteiger partial charge in [0.15, 0.2) is 11.2 Å². The molecule has 4 aromatic rings. The van der Waals surface area contributed by atoms with E-state index in [1.165, 1.54) is 4.90 Å². The average Bonchev–Trinajstić information content (AvgIpc) is 3.25. The minimum atomic E-state index is -0.699. The zero-order valence-corrected chi connectivity index (χ0v) is 17.3. The van der Waals surface area contributed by atoms with E-state index in [0.717, 1.165) is 10.0 Å². The predicted octanol–water partition coefficient (Wildman–Crippen LogP) is 5.26. The molecule has 0 aliphatic carbocycles. The maximum atomic E-state index is 13.4. The van der Waals surface area contributed by atoms with Crippen LogP contribution in [-0.4, -0.2) is 11.1 Å². The number of hydrogen-bond acceptors (Lipinski definition) is 5. The highest BCUT2D eigenvalue weighted by molar-refractivity contribution is 9.10. The zero-order valence-electron chi connectivity index (χ0n) is 15.0. The molecule has 1 amide bonds. The van der Waals surface area contributed by atoms with E-state index in [2.05, 4.69) is 21.1 Å². The number of aryl methyl sites for hydroxylation is 1. The summed E-state index contributed by atoms with van der Waals surface area (Å²) >= 11 is 9.50. The second-order valence-corrected chi connectivity index (χ2v) is 8.09. The molecule has 0 saturated carbocycles. The van der Waals surface area contributed by atoms with Gasteiger partial charge in [0.25, 0.3) is 5.91 Å². The van der Waals surface area contributed by atoms with E-state index in [-0.39, 0.29) is 16.8 Å². The largest absolute Gasteiger partial charge is 0.450 e. The molecule has 0 radical (unpaired) electrons. The molecule has 1 aliphatic heterocycles. The third-order valence-electron chi connectivity index (χ3n) is 4.88. The van der Waals surface area contributed by atoms with E-state index in [9.17, 15) is 9.59 Å². The first-order chi connectivity index (χ1) is 13.9. The van der Waals surface area contributed by atoms with Gasteiger partial charge in [-0.1, -0.05) is 44.8 Å². The standard InChI is InChI=1S/C21H12BrClN2O4/c1-10-8-16(24-29-10)25-18(11-2-4-12(22)5-3-11)17-19(26)14-9-13(23)6-7-15(14)28-20(17)21(25)27/h2-9,18H,1H3. The second kappa shape index (κ2) is 6.57. The number of aromatic nitrogens is 1. The Labute approximate surface area is 177 Å². The second-order valence-electron chi connectivity index (χ2n) is 6.74. The average molecular weight is 472 g/mol. The van der Waals surface area contributed by atoms with Gasteiger partial charge in [-0.3, -0.25) is 14.5 Å². The van der Waals surface area contributed by atoms with E-state index in [1.807, 2.05) is 24.3 Å². The monoisotopic (exact) mass is 470 g/mol. The Morgan fingerprint density at radius 2 is 1.86 bits per heavy atom. The number of halogens is 2. The number of fused-ring (bicyclic) bond motifs is 2. The fraction of sp³-hybridized carbons (Fsp3) is 0.0952. The molecule has 6 nitrogen and oxygen atoms in total. The van der Waals surface area contributed by atoms with Gasteiger partial charge in [0.2, 0.25) is 5.76 Å². The van der Waals surface area contributed by atoms with Crippen molar-refractivity contribution >= 4 is 50.2 Å². The molecule has 5 rings (SSSR count). The molecule has 29 heavy (non-hydrogen) atoms. The fourth-order valence-electron chi connectivity index (χ4n) is 3.61. The Balaban J connectivity index is 1.83. The molecule has 3 heterocycles. The SMILES string of the molecule is Cc1cc(N2C(=O)c3oc4ccc(Cl)cc4c(=O)c3C2c2ccc(Br)cc2)no1. The lowest BCUT2D eigenvalue weighted by atomic mass is 9.98. The molecule has 0 N–H and O–H groups in total. The summed E-state index contributed by atoms with van der Waals surface area (Å²) in [4.78, 5) is 28.1. The quantitative estimate of drug-likeness (QED) is 0.399. The van der Waals surface area contributed by atoms with Crippen molar-refractivity contribution in [2.75, 3.05) is 4.90 Å². The van der Waals surface area contributed by atoms with Gasteiger partial charge < -0.3 is 8.94 Å². The van der Waals surface area contributed by atoms with Crippen molar-refractivity contribution in [3.05, 3.63) is 90.9 Å². The first-order valence-electron chi connectivity index (χ1n) is 8.72. The van der Waals surface area contributed by atoms with Gasteiger partial charge in [0.05, 0.1) is 17.0 Å². The third-order valence-corrected chi connectivity index (χ3v) is 5.64. The van der Waals surface area contributed by atoms with E-state index in [0.29, 0.717) is 27.6 Å². The van der Waals surface area contributed by atoms with Crippen LogP contribution in [0.4, 0.5) is 5.82 Å². The summed E-state index contributed by atoms with van der Waals surface area (Å²) in [5, 5.41) is 4.73. The summed E-state index contributed by atoms with van der Waals surface area (Å²) in [6.45, 7) is 1.73. The molecule has 0 saturated heterocycles. The molecule has 8 heteroatoms. The highest BCUT2D eigenvalue weighted by atomic mass is 79.9. The minimum absolute atomic E-state index is 0.00149. The lowest BCUT2D eigenvalue weighted by Crippen LogP contribution is -2.29. The Morgan fingerprint density at radius 3 is 2.55 bits per heavy atom. The van der Waals surface area contributed by atoms with Gasteiger partial charge in [-0.15, -0.1) is 0 Å². The van der Waals surface area contributed by atoms with Crippen molar-refractivity contribution < 1.29 is 13.7 Å². The van der Waals surface area contributed by atoms with Gasteiger partial charge >= 0.3 is 0 Å². The van der Waals surface area contributed by atoms with E-state index in [4.69, 9.17) is 20.5 Å². The molecule has 144 valence electrons. The summed E-state index contributed by atoms with van der Waals surface area (Å²) in [6.07, 6.45) is 0. The minimum Gasteiger partial charge on any atom is -0.450 e. The van der Waals surface area contributed by atoms with Crippen LogP contribution >= 0.6 is 27.5 Å². The van der Waals surface area contributed by atoms with Crippen molar-refractivity contribution in [1.82, 2.24) is 5.16 Å². The van der Waals surface area contributed by atoms with Crippen LogP contribution in [0.5, 0.6) is 0 Å². The number of rotatable bonds is 2. The van der Waals surface area contributed by atoms with E-state index >= 15 is 0 Å². The number of carbonyl (C=O) groups excluding carboxylic acids is 1. The maximum Gasteiger partial charge on any atom is 0.296 e. The third kappa shape index (κ3) is 2.81. The predicted molar refractivity (Wildman–Crippen MR) is 112 cm³/mol. The number of nitrogens with zero attached hydrogens (tertiary/aromatic N) is 2. The number of amides is 1. The molecule has 0 bridgehead atoms. The lowest BCUT2D eigenvalue weighted by Gasteiger charge is -2.22. The van der Waals surface area contributed by atoms with Gasteiger partial charge in [0.1, 0.15) is 11.3 Å². The summed E-state index contributed by atoms with van der Waals surface area (Å²) in [5.41, 5.74) is 1.01. The summed E-state index contributed by atoms with van der Waals surface area (Å²) in [5.74, 6) is 0.413. The summed E-state index contributed by atoms with van der Waals surface area (Å²) in [6, 6.07) is 13.1. The number of benzene rings is 2.